The van der Waals surface area contributed by atoms with Crippen molar-refractivity contribution in [2.45, 2.75) is 18.7 Å². The molecular weight excluding hydrogens is 299 g/mol. The summed E-state index contributed by atoms with van der Waals surface area (Å²) >= 11 is 5.30. The van der Waals surface area contributed by atoms with Gasteiger partial charge in [0.2, 0.25) is 0 Å². The highest BCUT2D eigenvalue weighted by Crippen LogP contribution is 2.37. The second-order valence-corrected chi connectivity index (χ2v) is 3.48. The van der Waals surface area contributed by atoms with Crippen LogP contribution < -0.4 is 10.5 Å². The fourth-order valence-electron chi connectivity index (χ4n) is 1.29. The Hall–Kier alpha value is -1.64. The van der Waals surface area contributed by atoms with Crippen LogP contribution in [-0.4, -0.2) is 17.3 Å². The summed E-state index contributed by atoms with van der Waals surface area (Å²) < 4.78 is 65.6. The number of pyridine rings is 1. The molecule has 0 aliphatic heterocycles. The van der Waals surface area contributed by atoms with Crippen LogP contribution in [0.5, 0.6) is 5.75 Å². The number of nitrogens with zero attached hydrogens (tertiary/aromatic N) is 1. The smallest absolute Gasteiger partial charge is 0.403 e. The summed E-state index contributed by atoms with van der Waals surface area (Å²) in [5.74, 6) is -3.26. The third-order valence-corrected chi connectivity index (χ3v) is 2.23. The minimum absolute atomic E-state index is 0.570. The van der Waals surface area contributed by atoms with Gasteiger partial charge in [-0.3, -0.25) is 9.78 Å². The van der Waals surface area contributed by atoms with E-state index in [-0.39, 0.29) is 0 Å². The number of ether oxygens (including phenoxy) is 1. The number of hydrogen-bond acceptors (Lipinski definition) is 3. The molecular formula is C9H6ClF5N2O2. The van der Waals surface area contributed by atoms with Crippen molar-refractivity contribution in [1.82, 2.24) is 4.98 Å². The maximum atomic E-state index is 12.8. The first-order valence-corrected chi connectivity index (χ1v) is 5.12. The van der Waals surface area contributed by atoms with Gasteiger partial charge < -0.3 is 10.5 Å². The number of nitrogens with two attached hydrogens (primary N) is 1. The van der Waals surface area contributed by atoms with E-state index in [4.69, 9.17) is 17.3 Å². The highest BCUT2D eigenvalue weighted by Gasteiger charge is 2.36. The number of carbonyl (C=O) groups excluding carboxylic acids is 1. The van der Waals surface area contributed by atoms with Crippen molar-refractivity contribution in [3.63, 3.8) is 0 Å². The summed E-state index contributed by atoms with van der Waals surface area (Å²) in [6, 6.07) is 0. The third kappa shape index (κ3) is 3.66. The number of hydrogen-bond donors (Lipinski definition) is 1. The van der Waals surface area contributed by atoms with Crippen LogP contribution in [0.3, 0.4) is 0 Å². The monoisotopic (exact) mass is 304 g/mol. The van der Waals surface area contributed by atoms with E-state index in [9.17, 15) is 26.7 Å². The number of carbonyl (C=O) groups is 1. The van der Waals surface area contributed by atoms with Crippen molar-refractivity contribution in [3.05, 3.63) is 23.0 Å². The lowest BCUT2D eigenvalue weighted by molar-refractivity contribution is -0.275. The van der Waals surface area contributed by atoms with E-state index < -0.39 is 47.1 Å². The van der Waals surface area contributed by atoms with Crippen LogP contribution in [-0.2, 0) is 5.88 Å². The molecule has 1 amide bonds. The van der Waals surface area contributed by atoms with Gasteiger partial charge in [-0.2, -0.15) is 0 Å². The Bertz CT molecular complexity index is 492. The van der Waals surface area contributed by atoms with Gasteiger partial charge in [-0.05, 0) is 0 Å². The molecule has 0 bridgehead atoms. The topological polar surface area (TPSA) is 65.2 Å². The highest BCUT2D eigenvalue weighted by atomic mass is 35.5. The Morgan fingerprint density at radius 1 is 1.47 bits per heavy atom. The van der Waals surface area contributed by atoms with Crippen LogP contribution in [0.2, 0.25) is 0 Å². The Morgan fingerprint density at radius 2 is 2.05 bits per heavy atom. The molecule has 0 aliphatic rings. The van der Waals surface area contributed by atoms with Gasteiger partial charge in [0.15, 0.2) is 5.75 Å². The van der Waals surface area contributed by atoms with Crippen LogP contribution in [0.25, 0.3) is 0 Å². The van der Waals surface area contributed by atoms with Gasteiger partial charge in [0.05, 0.1) is 22.7 Å². The Morgan fingerprint density at radius 3 is 2.42 bits per heavy atom. The van der Waals surface area contributed by atoms with Gasteiger partial charge in [0.1, 0.15) is 0 Å². The number of aromatic nitrogens is 1. The lowest BCUT2D eigenvalue weighted by atomic mass is 10.1. The van der Waals surface area contributed by atoms with Gasteiger partial charge in [0, 0.05) is 6.20 Å². The predicted molar refractivity (Wildman–Crippen MR) is 54.0 cm³/mol. The van der Waals surface area contributed by atoms with Gasteiger partial charge in [-0.25, -0.2) is 8.78 Å². The van der Waals surface area contributed by atoms with Crippen LogP contribution >= 0.6 is 11.6 Å². The van der Waals surface area contributed by atoms with Gasteiger partial charge in [-0.1, -0.05) is 0 Å². The molecule has 1 heterocycles. The van der Waals surface area contributed by atoms with Crippen molar-refractivity contribution in [3.8, 4) is 5.75 Å². The zero-order valence-corrected chi connectivity index (χ0v) is 9.73. The molecule has 0 saturated carbocycles. The Kier molecular flexibility index (Phi) is 4.51. The van der Waals surface area contributed by atoms with E-state index in [0.717, 1.165) is 0 Å². The van der Waals surface area contributed by atoms with Crippen LogP contribution in [0.4, 0.5) is 22.0 Å². The van der Waals surface area contributed by atoms with Crippen LogP contribution in [0.1, 0.15) is 28.0 Å². The number of rotatable bonds is 4. The molecule has 1 rings (SSSR count). The zero-order valence-electron chi connectivity index (χ0n) is 8.97. The number of amides is 1. The van der Waals surface area contributed by atoms with Crippen molar-refractivity contribution in [2.75, 3.05) is 0 Å². The fourth-order valence-corrected chi connectivity index (χ4v) is 1.48. The maximum Gasteiger partial charge on any atom is 0.573 e. The van der Waals surface area contributed by atoms with E-state index in [1.54, 1.807) is 0 Å². The Labute approximate surface area is 108 Å². The summed E-state index contributed by atoms with van der Waals surface area (Å²) in [5, 5.41) is 0. The van der Waals surface area contributed by atoms with E-state index in [2.05, 4.69) is 9.72 Å². The quantitative estimate of drug-likeness (QED) is 0.687. The normalized spacial score (nSPS) is 11.7. The standard InChI is InChI=1S/C9H6ClF5N2O2/c10-1-4-6(19-9(13,14)15)5(7(11)12)3(2-17-4)8(16)18/h2,7H,1H2,(H2,16,18). The average molecular weight is 305 g/mol. The molecule has 0 radical (unpaired) electrons. The average Bonchev–Trinajstić information content (AvgIpc) is 2.25. The molecule has 1 aromatic heterocycles. The number of halogens is 6. The summed E-state index contributed by atoms with van der Waals surface area (Å²) in [6.45, 7) is 0. The second-order valence-electron chi connectivity index (χ2n) is 3.21. The molecule has 106 valence electrons. The first-order chi connectivity index (χ1) is 8.67. The fraction of sp³-hybridized carbons (Fsp3) is 0.333. The second kappa shape index (κ2) is 5.55. The highest BCUT2D eigenvalue weighted by molar-refractivity contribution is 6.17. The molecule has 10 heteroatoms. The lowest BCUT2D eigenvalue weighted by Gasteiger charge is -2.17. The van der Waals surface area contributed by atoms with Gasteiger partial charge in [0.25, 0.3) is 12.3 Å². The van der Waals surface area contributed by atoms with Crippen molar-refractivity contribution >= 4 is 17.5 Å². The summed E-state index contributed by atoms with van der Waals surface area (Å²) in [7, 11) is 0. The molecule has 0 atom stereocenters. The molecule has 0 aliphatic carbocycles. The maximum absolute atomic E-state index is 12.8. The van der Waals surface area contributed by atoms with Crippen molar-refractivity contribution < 1.29 is 31.5 Å². The lowest BCUT2D eigenvalue weighted by Crippen LogP contribution is -2.22. The first-order valence-electron chi connectivity index (χ1n) is 4.58. The summed E-state index contributed by atoms with van der Waals surface area (Å²) in [6.07, 6.45) is -8.02. The van der Waals surface area contributed by atoms with E-state index in [0.29, 0.717) is 6.20 Å². The van der Waals surface area contributed by atoms with Gasteiger partial charge >= 0.3 is 6.36 Å². The SMILES string of the molecule is NC(=O)c1cnc(CCl)c(OC(F)(F)F)c1C(F)F. The number of alkyl halides is 6. The van der Waals surface area contributed by atoms with Crippen molar-refractivity contribution in [2.24, 2.45) is 5.73 Å². The molecule has 0 spiro atoms. The zero-order chi connectivity index (χ0) is 14.8. The van der Waals surface area contributed by atoms with Crippen LogP contribution in [0.15, 0.2) is 6.20 Å². The van der Waals surface area contributed by atoms with E-state index in [1.807, 2.05) is 0 Å². The molecule has 0 saturated heterocycles. The predicted octanol–water partition coefficient (Wildman–Crippen LogP) is 2.76. The van der Waals surface area contributed by atoms with Crippen LogP contribution in [0, 0.1) is 0 Å². The van der Waals surface area contributed by atoms with Gasteiger partial charge in [-0.15, -0.1) is 24.8 Å². The molecule has 0 aromatic carbocycles. The Balaban J connectivity index is 3.52. The molecule has 2 N–H and O–H groups in total. The largest absolute Gasteiger partial charge is 0.573 e. The molecule has 0 fully saturated rings. The third-order valence-electron chi connectivity index (χ3n) is 1.97. The molecule has 4 nitrogen and oxygen atoms in total. The molecule has 19 heavy (non-hydrogen) atoms. The van der Waals surface area contributed by atoms with E-state index in [1.165, 1.54) is 0 Å². The van der Waals surface area contributed by atoms with Crippen molar-refractivity contribution in [1.29, 1.82) is 0 Å². The minimum Gasteiger partial charge on any atom is -0.403 e. The summed E-state index contributed by atoms with van der Waals surface area (Å²) in [5.41, 5.74) is 2.08. The number of primary amides is 1. The minimum atomic E-state index is -5.23. The molecule has 1 aromatic rings. The first kappa shape index (κ1) is 15.4. The molecule has 0 unspecified atom stereocenters. The summed E-state index contributed by atoms with van der Waals surface area (Å²) in [4.78, 5) is 14.3. The van der Waals surface area contributed by atoms with E-state index >= 15 is 0 Å².